The van der Waals surface area contributed by atoms with Crippen LogP contribution < -0.4 is 0 Å². The van der Waals surface area contributed by atoms with Crippen molar-refractivity contribution in [2.45, 2.75) is 451 Å². The van der Waals surface area contributed by atoms with Gasteiger partial charge in [0.15, 0.2) is 0 Å². The van der Waals surface area contributed by atoms with E-state index in [9.17, 15) is 25.9 Å². The van der Waals surface area contributed by atoms with Crippen molar-refractivity contribution >= 4 is 58.5 Å². The summed E-state index contributed by atoms with van der Waals surface area (Å²) in [5.41, 5.74) is 0. The van der Waals surface area contributed by atoms with Crippen molar-refractivity contribution in [3.8, 4) is 0 Å². The molecule has 528 valence electrons. The summed E-state index contributed by atoms with van der Waals surface area (Å²) in [5, 5.41) is 0. The van der Waals surface area contributed by atoms with Gasteiger partial charge in [-0.05, 0) is 38.5 Å². The third-order valence-corrected chi connectivity index (χ3v) is 19.3. The zero-order valence-corrected chi connectivity index (χ0v) is 64.2. The van der Waals surface area contributed by atoms with Gasteiger partial charge in [0.25, 0.3) is 0 Å². The van der Waals surface area contributed by atoms with Crippen molar-refractivity contribution in [3.63, 3.8) is 0 Å². The molecule has 2 unspecified atom stereocenters. The fourth-order valence-electron chi connectivity index (χ4n) is 12.6. The van der Waals surface area contributed by atoms with Crippen LogP contribution in [0, 0.1) is 11.8 Å². The average Bonchev–Trinajstić information content (AvgIpc) is 3.58. The minimum absolute atomic E-state index is 0. The summed E-state index contributed by atoms with van der Waals surface area (Å²) < 4.78 is 75.2. The molecule has 0 saturated heterocycles. The summed E-state index contributed by atoms with van der Waals surface area (Å²) in [6, 6.07) is 0. The molecule has 0 aromatic rings. The Hall–Kier alpha value is 0.480. The van der Waals surface area contributed by atoms with Gasteiger partial charge >= 0.3 is 37.7 Å². The van der Waals surface area contributed by atoms with Gasteiger partial charge in [0, 0.05) is 11.8 Å². The molecular formula is C78H154CaO8S2. The van der Waals surface area contributed by atoms with E-state index in [-0.39, 0.29) is 62.8 Å². The molecule has 2 atom stereocenters. The van der Waals surface area contributed by atoms with Crippen LogP contribution in [-0.2, 0) is 29.2 Å². The maximum Gasteiger partial charge on any atom is 2.00 e. The summed E-state index contributed by atoms with van der Waals surface area (Å²) in [7, 11) is -9.25. The van der Waals surface area contributed by atoms with E-state index in [1.165, 1.54) is 385 Å². The molecule has 0 radical (unpaired) electrons. The van der Waals surface area contributed by atoms with E-state index in [4.69, 9.17) is 0 Å². The molecular weight excluding hydrogens is 1170 g/mol. The number of hydrogen-bond acceptors (Lipinski definition) is 8. The van der Waals surface area contributed by atoms with Crippen LogP contribution in [0.15, 0.2) is 24.3 Å². The maximum absolute atomic E-state index is 11.0. The fourth-order valence-corrected chi connectivity index (χ4v) is 13.2. The first-order valence-corrected chi connectivity index (χ1v) is 42.2. The van der Waals surface area contributed by atoms with E-state index < -0.39 is 20.8 Å². The van der Waals surface area contributed by atoms with Crippen LogP contribution in [0.5, 0.6) is 0 Å². The molecule has 0 heterocycles. The fraction of sp³-hybridized carbons (Fsp3) is 0.949. The molecule has 0 saturated carbocycles. The normalized spacial score (nSPS) is 12.7. The Labute approximate surface area is 588 Å². The van der Waals surface area contributed by atoms with Crippen molar-refractivity contribution in [3.05, 3.63) is 24.3 Å². The number of hydrogen-bond donors (Lipinski definition) is 0. The van der Waals surface area contributed by atoms with Gasteiger partial charge in [-0.1, -0.05) is 437 Å². The third kappa shape index (κ3) is 88.5. The van der Waals surface area contributed by atoms with Gasteiger partial charge in [0.05, 0.1) is 13.2 Å². The van der Waals surface area contributed by atoms with Crippen molar-refractivity contribution in [1.82, 2.24) is 0 Å². The standard InChI is InChI=1S/2C39H78O4S.Ca/c2*1-3-5-7-9-11-13-15-17-19-20-21-23-25-27-29-31-33-35-37-39(38-43-44(40,41)42)36-34-32-30-28-26-24-22-18-16-14-12-10-8-6-4-2;/h2*34,36,39H,3-33,35,37-38H2,1-2H3,(H,40,41,42);/q;;+2/p-2/b2*36-34+;. The van der Waals surface area contributed by atoms with E-state index in [0.29, 0.717) is 0 Å². The van der Waals surface area contributed by atoms with E-state index >= 15 is 0 Å². The second-order valence-corrected chi connectivity index (χ2v) is 29.5. The predicted octanol–water partition coefficient (Wildman–Crippen LogP) is 26.7. The van der Waals surface area contributed by atoms with Crippen LogP contribution >= 0.6 is 0 Å². The van der Waals surface area contributed by atoms with Crippen LogP contribution in [0.4, 0.5) is 0 Å². The summed E-state index contributed by atoms with van der Waals surface area (Å²) in [6.45, 7) is 9.09. The summed E-state index contributed by atoms with van der Waals surface area (Å²) in [6.07, 6.45) is 96.5. The molecule has 0 aromatic heterocycles. The first-order valence-electron chi connectivity index (χ1n) is 39.5. The minimum Gasteiger partial charge on any atom is -0.726 e. The molecule has 89 heavy (non-hydrogen) atoms. The van der Waals surface area contributed by atoms with Crippen molar-refractivity contribution in [1.29, 1.82) is 0 Å². The number of allylic oxidation sites excluding steroid dienone is 2. The smallest absolute Gasteiger partial charge is 0.726 e. The summed E-state index contributed by atoms with van der Waals surface area (Å²) in [4.78, 5) is 0. The zero-order chi connectivity index (χ0) is 64.5. The topological polar surface area (TPSA) is 133 Å². The molecule has 0 rings (SSSR count). The average molecular weight is 1320 g/mol. The first-order chi connectivity index (χ1) is 43.0. The van der Waals surface area contributed by atoms with E-state index in [2.05, 4.69) is 60.4 Å². The van der Waals surface area contributed by atoms with Gasteiger partial charge in [-0.15, -0.1) is 0 Å². The quantitative estimate of drug-likeness (QED) is 0.0193. The Bertz CT molecular complexity index is 1480. The molecule has 0 aromatic carbocycles. The summed E-state index contributed by atoms with van der Waals surface area (Å²) in [5.74, 6) is 0.0310. The molecule has 0 fully saturated rings. The Balaban J connectivity index is -0.00000164. The second-order valence-electron chi connectivity index (χ2n) is 27.4. The molecule has 0 N–H and O–H groups in total. The predicted molar refractivity (Wildman–Crippen MR) is 390 cm³/mol. The molecule has 0 aliphatic heterocycles. The van der Waals surface area contributed by atoms with Gasteiger partial charge in [0.2, 0.25) is 20.8 Å². The van der Waals surface area contributed by atoms with Gasteiger partial charge in [-0.25, -0.2) is 16.8 Å². The second kappa shape index (κ2) is 79.2. The van der Waals surface area contributed by atoms with Crippen molar-refractivity contribution < 1.29 is 34.3 Å². The van der Waals surface area contributed by atoms with E-state index in [1.54, 1.807) is 0 Å². The molecule has 11 heteroatoms. The molecule has 0 spiro atoms. The minimum atomic E-state index is -4.63. The van der Waals surface area contributed by atoms with Gasteiger partial charge < -0.3 is 9.11 Å². The molecule has 0 aliphatic rings. The number of rotatable bonds is 74. The Morgan fingerprint density at radius 2 is 0.393 bits per heavy atom. The van der Waals surface area contributed by atoms with E-state index in [0.717, 1.165) is 38.5 Å². The first kappa shape index (κ1) is 93.7. The third-order valence-electron chi connectivity index (χ3n) is 18.5. The van der Waals surface area contributed by atoms with Crippen LogP contribution in [0.2, 0.25) is 0 Å². The van der Waals surface area contributed by atoms with Gasteiger partial charge in [0.1, 0.15) is 0 Å². The Morgan fingerprint density at radius 1 is 0.247 bits per heavy atom. The van der Waals surface area contributed by atoms with Crippen LogP contribution in [0.1, 0.15) is 451 Å². The molecule has 0 aliphatic carbocycles. The Morgan fingerprint density at radius 3 is 0.551 bits per heavy atom. The summed E-state index contributed by atoms with van der Waals surface area (Å²) >= 11 is 0. The van der Waals surface area contributed by atoms with Crippen LogP contribution in [0.25, 0.3) is 0 Å². The van der Waals surface area contributed by atoms with Gasteiger partial charge in [-0.2, -0.15) is 0 Å². The van der Waals surface area contributed by atoms with Crippen LogP contribution in [0.3, 0.4) is 0 Å². The zero-order valence-electron chi connectivity index (χ0n) is 60.3. The maximum atomic E-state index is 11.0. The van der Waals surface area contributed by atoms with Crippen molar-refractivity contribution in [2.75, 3.05) is 13.2 Å². The molecule has 8 nitrogen and oxygen atoms in total. The Kier molecular flexibility index (Phi) is 83.3. The van der Waals surface area contributed by atoms with Crippen LogP contribution in [-0.4, -0.2) is 76.9 Å². The monoisotopic (exact) mass is 1320 g/mol. The van der Waals surface area contributed by atoms with Gasteiger partial charge in [-0.3, -0.25) is 8.37 Å². The SMILES string of the molecule is CCCCCCCCCCCCCCC/C=C/C(CCCCCCCCCCCCCCCCCCCC)COS(=O)(=O)[O-].CCCCCCCCCCCCCCC/C=C/C(CCCCCCCCCCCCCCCCCCCC)COS(=O)(=O)[O-].[Ca+2]. The molecule has 0 bridgehead atoms. The largest absolute Gasteiger partial charge is 2.00 e. The van der Waals surface area contributed by atoms with Crippen molar-refractivity contribution in [2.24, 2.45) is 11.8 Å². The molecule has 0 amide bonds. The van der Waals surface area contributed by atoms with E-state index in [1.807, 2.05) is 0 Å². The number of unbranched alkanes of at least 4 members (excludes halogenated alkanes) is 60.